The van der Waals surface area contributed by atoms with Gasteiger partial charge in [-0.3, -0.25) is 9.69 Å². The fourth-order valence-electron chi connectivity index (χ4n) is 2.85. The van der Waals surface area contributed by atoms with Gasteiger partial charge in [-0.15, -0.1) is 0 Å². The Labute approximate surface area is 91.8 Å². The number of nitrogens with zero attached hydrogens (tertiary/aromatic N) is 1. The predicted molar refractivity (Wildman–Crippen MR) is 58.8 cm³/mol. The fourth-order valence-corrected chi connectivity index (χ4v) is 2.85. The number of rotatable bonds is 2. The van der Waals surface area contributed by atoms with Crippen molar-refractivity contribution in [2.45, 2.75) is 38.6 Å². The summed E-state index contributed by atoms with van der Waals surface area (Å²) in [6, 6.07) is 0.500. The van der Waals surface area contributed by atoms with E-state index in [0.717, 1.165) is 51.5 Å². The Morgan fingerprint density at radius 1 is 1.40 bits per heavy atom. The summed E-state index contributed by atoms with van der Waals surface area (Å²) in [6.45, 7) is 5.93. The van der Waals surface area contributed by atoms with Gasteiger partial charge in [-0.2, -0.15) is 0 Å². The number of Topliss-reactive ketones (excluding diaryl/α,β-unsaturated/α-hetero) is 1. The van der Waals surface area contributed by atoms with E-state index in [9.17, 15) is 4.79 Å². The molecule has 1 saturated carbocycles. The monoisotopic (exact) mass is 211 g/mol. The van der Waals surface area contributed by atoms with Gasteiger partial charge in [0.05, 0.1) is 13.2 Å². The highest BCUT2D eigenvalue weighted by molar-refractivity contribution is 5.79. The van der Waals surface area contributed by atoms with Crippen LogP contribution in [0.5, 0.6) is 0 Å². The van der Waals surface area contributed by atoms with Gasteiger partial charge in [0.25, 0.3) is 0 Å². The van der Waals surface area contributed by atoms with Gasteiger partial charge in [-0.25, -0.2) is 0 Å². The topological polar surface area (TPSA) is 29.5 Å². The van der Waals surface area contributed by atoms with Crippen LogP contribution in [0.2, 0.25) is 0 Å². The lowest BCUT2D eigenvalue weighted by molar-refractivity contribution is -0.124. The molecule has 0 radical (unpaired) electrons. The third kappa shape index (κ3) is 2.58. The van der Waals surface area contributed by atoms with Gasteiger partial charge in [0.15, 0.2) is 0 Å². The molecule has 0 aromatic heterocycles. The van der Waals surface area contributed by atoms with Crippen LogP contribution >= 0.6 is 0 Å². The van der Waals surface area contributed by atoms with E-state index in [1.807, 2.05) is 0 Å². The Morgan fingerprint density at radius 2 is 2.13 bits per heavy atom. The number of ketones is 1. The molecule has 0 aromatic rings. The first-order valence-electron chi connectivity index (χ1n) is 6.14. The van der Waals surface area contributed by atoms with Crippen molar-refractivity contribution in [2.75, 3.05) is 26.3 Å². The summed E-state index contributed by atoms with van der Waals surface area (Å²) >= 11 is 0. The summed E-state index contributed by atoms with van der Waals surface area (Å²) in [5.41, 5.74) is 0. The number of hydrogen-bond donors (Lipinski definition) is 0. The molecule has 0 bridgehead atoms. The molecule has 2 atom stereocenters. The van der Waals surface area contributed by atoms with E-state index in [-0.39, 0.29) is 0 Å². The van der Waals surface area contributed by atoms with Crippen LogP contribution in [0.3, 0.4) is 0 Å². The SMILES string of the molecule is CCC1CCC(=O)CC1N1CCOCC1. The van der Waals surface area contributed by atoms with Gasteiger partial charge in [0.1, 0.15) is 5.78 Å². The van der Waals surface area contributed by atoms with Gasteiger partial charge < -0.3 is 4.74 Å². The summed E-state index contributed by atoms with van der Waals surface area (Å²) in [6.07, 6.45) is 3.88. The molecule has 2 aliphatic rings. The molecule has 3 heteroatoms. The molecule has 3 nitrogen and oxygen atoms in total. The molecular weight excluding hydrogens is 190 g/mol. The molecule has 1 aliphatic heterocycles. The van der Waals surface area contributed by atoms with Crippen LogP contribution in [0.25, 0.3) is 0 Å². The maximum absolute atomic E-state index is 11.5. The summed E-state index contributed by atoms with van der Waals surface area (Å²) in [7, 11) is 0. The molecular formula is C12H21NO2. The minimum atomic E-state index is 0.455. The van der Waals surface area contributed by atoms with Crippen molar-refractivity contribution in [3.05, 3.63) is 0 Å². The third-order valence-corrected chi connectivity index (χ3v) is 3.81. The Balaban J connectivity index is 1.98. The standard InChI is InChI=1S/C12H21NO2/c1-2-10-3-4-11(14)9-12(10)13-5-7-15-8-6-13/h10,12H,2-9H2,1H3. The van der Waals surface area contributed by atoms with E-state index >= 15 is 0 Å². The van der Waals surface area contributed by atoms with Gasteiger partial charge in [0.2, 0.25) is 0 Å². The van der Waals surface area contributed by atoms with E-state index in [2.05, 4.69) is 11.8 Å². The van der Waals surface area contributed by atoms with E-state index in [1.165, 1.54) is 6.42 Å². The molecule has 2 rings (SSSR count). The highest BCUT2D eigenvalue weighted by atomic mass is 16.5. The summed E-state index contributed by atoms with van der Waals surface area (Å²) in [4.78, 5) is 14.0. The lowest BCUT2D eigenvalue weighted by Gasteiger charge is -2.40. The molecule has 0 spiro atoms. The molecule has 0 N–H and O–H groups in total. The van der Waals surface area contributed by atoms with Gasteiger partial charge in [0, 0.05) is 32.0 Å². The zero-order chi connectivity index (χ0) is 10.7. The number of carbonyl (C=O) groups is 1. The Morgan fingerprint density at radius 3 is 2.80 bits per heavy atom. The lowest BCUT2D eigenvalue weighted by Crippen LogP contribution is -2.49. The minimum absolute atomic E-state index is 0.455. The highest BCUT2D eigenvalue weighted by Gasteiger charge is 2.32. The number of carbonyl (C=O) groups excluding carboxylic acids is 1. The lowest BCUT2D eigenvalue weighted by atomic mass is 9.81. The van der Waals surface area contributed by atoms with Gasteiger partial charge in [-0.1, -0.05) is 13.3 Å². The molecule has 2 unspecified atom stereocenters. The summed E-state index contributed by atoms with van der Waals surface area (Å²) < 4.78 is 5.36. The maximum Gasteiger partial charge on any atom is 0.134 e. The molecule has 1 aliphatic carbocycles. The Hall–Kier alpha value is -0.410. The van der Waals surface area contributed by atoms with Gasteiger partial charge in [-0.05, 0) is 12.3 Å². The van der Waals surface area contributed by atoms with E-state index < -0.39 is 0 Å². The van der Waals surface area contributed by atoms with E-state index in [4.69, 9.17) is 4.74 Å². The van der Waals surface area contributed by atoms with E-state index in [1.54, 1.807) is 0 Å². The molecule has 1 saturated heterocycles. The zero-order valence-electron chi connectivity index (χ0n) is 9.58. The van der Waals surface area contributed by atoms with Crippen molar-refractivity contribution in [2.24, 2.45) is 5.92 Å². The Kier molecular flexibility index (Phi) is 3.76. The van der Waals surface area contributed by atoms with Crippen molar-refractivity contribution >= 4 is 5.78 Å². The molecule has 15 heavy (non-hydrogen) atoms. The minimum Gasteiger partial charge on any atom is -0.379 e. The van der Waals surface area contributed by atoms with Crippen molar-refractivity contribution < 1.29 is 9.53 Å². The molecule has 2 fully saturated rings. The van der Waals surface area contributed by atoms with Crippen molar-refractivity contribution in [3.8, 4) is 0 Å². The number of hydrogen-bond acceptors (Lipinski definition) is 3. The van der Waals surface area contributed by atoms with Gasteiger partial charge >= 0.3 is 0 Å². The van der Waals surface area contributed by atoms with Crippen molar-refractivity contribution in [3.63, 3.8) is 0 Å². The first kappa shape index (κ1) is 11.1. The average molecular weight is 211 g/mol. The molecule has 86 valence electrons. The number of ether oxygens (including phenoxy) is 1. The quantitative estimate of drug-likeness (QED) is 0.692. The normalized spacial score (nSPS) is 34.3. The average Bonchev–Trinajstić information content (AvgIpc) is 2.30. The highest BCUT2D eigenvalue weighted by Crippen LogP contribution is 2.29. The smallest absolute Gasteiger partial charge is 0.134 e. The third-order valence-electron chi connectivity index (χ3n) is 3.81. The predicted octanol–water partition coefficient (Wildman–Crippen LogP) is 1.47. The zero-order valence-corrected chi connectivity index (χ0v) is 9.58. The first-order valence-corrected chi connectivity index (χ1v) is 6.14. The summed E-state index contributed by atoms with van der Waals surface area (Å²) in [5, 5.41) is 0. The van der Waals surface area contributed by atoms with Crippen molar-refractivity contribution in [1.82, 2.24) is 4.90 Å². The molecule has 1 heterocycles. The second kappa shape index (κ2) is 5.08. The van der Waals surface area contributed by atoms with Crippen LogP contribution in [0.4, 0.5) is 0 Å². The fraction of sp³-hybridized carbons (Fsp3) is 0.917. The van der Waals surface area contributed by atoms with Crippen LogP contribution in [0, 0.1) is 5.92 Å². The second-order valence-electron chi connectivity index (χ2n) is 4.67. The van der Waals surface area contributed by atoms with Crippen LogP contribution in [0.15, 0.2) is 0 Å². The second-order valence-corrected chi connectivity index (χ2v) is 4.67. The largest absolute Gasteiger partial charge is 0.379 e. The molecule has 0 amide bonds. The maximum atomic E-state index is 11.5. The first-order chi connectivity index (χ1) is 7.31. The summed E-state index contributed by atoms with van der Waals surface area (Å²) in [5.74, 6) is 1.18. The van der Waals surface area contributed by atoms with Crippen LogP contribution in [0.1, 0.15) is 32.6 Å². The number of morpholine rings is 1. The van der Waals surface area contributed by atoms with Crippen molar-refractivity contribution in [1.29, 1.82) is 0 Å². The van der Waals surface area contributed by atoms with Crippen LogP contribution in [-0.4, -0.2) is 43.0 Å². The molecule has 0 aromatic carbocycles. The Bertz CT molecular complexity index is 224. The van der Waals surface area contributed by atoms with E-state index in [0.29, 0.717) is 11.8 Å². The van der Waals surface area contributed by atoms with Crippen LogP contribution < -0.4 is 0 Å². The van der Waals surface area contributed by atoms with Crippen LogP contribution in [-0.2, 0) is 9.53 Å².